The molecule has 1 aliphatic carbocycles. The summed E-state index contributed by atoms with van der Waals surface area (Å²) < 4.78 is 10.6. The first-order valence-electron chi connectivity index (χ1n) is 7.65. The van der Waals surface area contributed by atoms with E-state index in [9.17, 15) is 0 Å². The third-order valence-electron chi connectivity index (χ3n) is 4.44. The lowest BCUT2D eigenvalue weighted by atomic mass is 9.80. The summed E-state index contributed by atoms with van der Waals surface area (Å²) in [5.74, 6) is 3.40. The molecule has 112 valence electrons. The summed E-state index contributed by atoms with van der Waals surface area (Å²) in [6, 6.07) is 6.05. The molecule has 0 bridgehead atoms. The Balaban J connectivity index is 1.86. The van der Waals surface area contributed by atoms with Gasteiger partial charge in [0, 0.05) is 12.6 Å². The van der Waals surface area contributed by atoms with Crippen LogP contribution in [0.15, 0.2) is 18.2 Å². The first-order chi connectivity index (χ1) is 9.72. The minimum Gasteiger partial charge on any atom is -0.497 e. The van der Waals surface area contributed by atoms with Crippen molar-refractivity contribution in [2.75, 3.05) is 20.8 Å². The molecule has 20 heavy (non-hydrogen) atoms. The second-order valence-corrected chi connectivity index (χ2v) is 5.87. The number of hydrogen-bond donors (Lipinski definition) is 1. The van der Waals surface area contributed by atoms with Crippen molar-refractivity contribution in [3.63, 3.8) is 0 Å². The zero-order valence-electron chi connectivity index (χ0n) is 12.9. The molecule has 1 aromatic carbocycles. The second-order valence-electron chi connectivity index (χ2n) is 5.87. The number of benzene rings is 1. The molecule has 0 spiro atoms. The molecule has 2 atom stereocenters. The van der Waals surface area contributed by atoms with Crippen molar-refractivity contribution < 1.29 is 9.47 Å². The van der Waals surface area contributed by atoms with Crippen LogP contribution in [0.25, 0.3) is 0 Å². The normalized spacial score (nSPS) is 22.6. The van der Waals surface area contributed by atoms with Crippen LogP contribution in [0.5, 0.6) is 11.5 Å². The summed E-state index contributed by atoms with van der Waals surface area (Å²) in [5.41, 5.74) is 1.21. The molecule has 1 aliphatic rings. The molecule has 0 saturated heterocycles. The van der Waals surface area contributed by atoms with E-state index in [0.29, 0.717) is 0 Å². The van der Waals surface area contributed by atoms with Crippen LogP contribution in [0.2, 0.25) is 0 Å². The highest BCUT2D eigenvalue weighted by Crippen LogP contribution is 2.29. The molecular weight excluding hydrogens is 250 g/mol. The average Bonchev–Trinajstić information content (AvgIpc) is 2.48. The molecule has 1 N–H and O–H groups in total. The smallest absolute Gasteiger partial charge is 0.122 e. The zero-order valence-corrected chi connectivity index (χ0v) is 12.9. The molecule has 0 radical (unpaired) electrons. The molecule has 3 heteroatoms. The Labute approximate surface area is 122 Å². The van der Waals surface area contributed by atoms with Gasteiger partial charge in [0.25, 0.3) is 0 Å². The van der Waals surface area contributed by atoms with E-state index in [4.69, 9.17) is 9.47 Å². The molecule has 1 aromatic rings. The molecule has 1 fully saturated rings. The van der Waals surface area contributed by atoms with Crippen LogP contribution in [0.4, 0.5) is 0 Å². The Hall–Kier alpha value is -1.22. The van der Waals surface area contributed by atoms with Crippen molar-refractivity contribution in [3.05, 3.63) is 23.8 Å². The van der Waals surface area contributed by atoms with Gasteiger partial charge >= 0.3 is 0 Å². The lowest BCUT2D eigenvalue weighted by Crippen LogP contribution is -2.29. The second kappa shape index (κ2) is 7.53. The first-order valence-corrected chi connectivity index (χ1v) is 7.65. The molecular formula is C17H27NO2. The van der Waals surface area contributed by atoms with Gasteiger partial charge in [0.15, 0.2) is 0 Å². The predicted molar refractivity (Wildman–Crippen MR) is 82.4 cm³/mol. The van der Waals surface area contributed by atoms with Crippen LogP contribution < -0.4 is 14.8 Å². The van der Waals surface area contributed by atoms with Gasteiger partial charge in [-0.05, 0) is 42.5 Å². The third-order valence-corrected chi connectivity index (χ3v) is 4.44. The molecule has 2 unspecified atom stereocenters. The number of methoxy groups -OCH3 is 2. The summed E-state index contributed by atoms with van der Waals surface area (Å²) in [4.78, 5) is 0. The molecule has 0 heterocycles. The molecule has 0 amide bonds. The largest absolute Gasteiger partial charge is 0.497 e. The maximum Gasteiger partial charge on any atom is 0.122 e. The fourth-order valence-electron chi connectivity index (χ4n) is 3.07. The minimum absolute atomic E-state index is 0.830. The average molecular weight is 277 g/mol. The van der Waals surface area contributed by atoms with E-state index in [1.165, 1.54) is 31.2 Å². The summed E-state index contributed by atoms with van der Waals surface area (Å²) in [7, 11) is 3.38. The number of rotatable bonds is 6. The van der Waals surface area contributed by atoms with Crippen LogP contribution in [0, 0.1) is 11.8 Å². The summed E-state index contributed by atoms with van der Waals surface area (Å²) in [5, 5.41) is 3.59. The summed E-state index contributed by atoms with van der Waals surface area (Å²) >= 11 is 0. The standard InChI is InChI=1S/C17H27NO2/c1-13-6-4-5-7-15(13)12-18-11-14-8-16(19-2)10-17(9-14)20-3/h8-10,13,15,18H,4-7,11-12H2,1-3H3. The van der Waals surface area contributed by atoms with Crippen molar-refractivity contribution >= 4 is 0 Å². The van der Waals surface area contributed by atoms with Crippen molar-refractivity contribution in [3.8, 4) is 11.5 Å². The molecule has 0 aliphatic heterocycles. The lowest BCUT2D eigenvalue weighted by Gasteiger charge is -2.29. The van der Waals surface area contributed by atoms with Gasteiger partial charge in [-0.3, -0.25) is 0 Å². The fraction of sp³-hybridized carbons (Fsp3) is 0.647. The molecule has 3 nitrogen and oxygen atoms in total. The van der Waals surface area contributed by atoms with Gasteiger partial charge in [-0.15, -0.1) is 0 Å². The summed E-state index contributed by atoms with van der Waals surface area (Å²) in [6.07, 6.45) is 5.56. The van der Waals surface area contributed by atoms with Crippen LogP contribution in [0.1, 0.15) is 38.2 Å². The van der Waals surface area contributed by atoms with Crippen LogP contribution in [0.3, 0.4) is 0 Å². The zero-order chi connectivity index (χ0) is 14.4. The molecule has 1 saturated carbocycles. The Morgan fingerprint density at radius 3 is 2.30 bits per heavy atom. The maximum atomic E-state index is 5.30. The van der Waals surface area contributed by atoms with E-state index in [1.54, 1.807) is 14.2 Å². The van der Waals surface area contributed by atoms with Crippen molar-refractivity contribution in [2.45, 2.75) is 39.2 Å². The van der Waals surface area contributed by atoms with Gasteiger partial charge < -0.3 is 14.8 Å². The summed E-state index contributed by atoms with van der Waals surface area (Å²) in [6.45, 7) is 4.37. The third kappa shape index (κ3) is 4.14. The SMILES string of the molecule is COc1cc(CNCC2CCCCC2C)cc(OC)c1. The highest BCUT2D eigenvalue weighted by Gasteiger charge is 2.20. The van der Waals surface area contributed by atoms with Crippen molar-refractivity contribution in [1.82, 2.24) is 5.32 Å². The highest BCUT2D eigenvalue weighted by molar-refractivity contribution is 5.38. The van der Waals surface area contributed by atoms with Crippen molar-refractivity contribution in [1.29, 1.82) is 0 Å². The van der Waals surface area contributed by atoms with E-state index in [-0.39, 0.29) is 0 Å². The van der Waals surface area contributed by atoms with Crippen molar-refractivity contribution in [2.24, 2.45) is 11.8 Å². The van der Waals surface area contributed by atoms with E-state index < -0.39 is 0 Å². The fourth-order valence-corrected chi connectivity index (χ4v) is 3.07. The first kappa shape index (κ1) is 15.2. The topological polar surface area (TPSA) is 30.5 Å². The monoisotopic (exact) mass is 277 g/mol. The van der Waals surface area contributed by atoms with Gasteiger partial charge in [-0.1, -0.05) is 26.2 Å². The van der Waals surface area contributed by atoms with E-state index in [0.717, 1.165) is 36.4 Å². The van der Waals surface area contributed by atoms with Gasteiger partial charge in [-0.2, -0.15) is 0 Å². The number of hydrogen-bond acceptors (Lipinski definition) is 3. The minimum atomic E-state index is 0.830. The van der Waals surface area contributed by atoms with Gasteiger partial charge in [-0.25, -0.2) is 0 Å². The Kier molecular flexibility index (Phi) is 5.72. The highest BCUT2D eigenvalue weighted by atomic mass is 16.5. The van der Waals surface area contributed by atoms with E-state index >= 15 is 0 Å². The number of ether oxygens (including phenoxy) is 2. The van der Waals surface area contributed by atoms with Gasteiger partial charge in [0.05, 0.1) is 14.2 Å². The Bertz CT molecular complexity index is 397. The van der Waals surface area contributed by atoms with Crippen LogP contribution in [-0.4, -0.2) is 20.8 Å². The van der Waals surface area contributed by atoms with Crippen LogP contribution >= 0.6 is 0 Å². The predicted octanol–water partition coefficient (Wildman–Crippen LogP) is 3.62. The maximum absolute atomic E-state index is 5.30. The van der Waals surface area contributed by atoms with Gasteiger partial charge in [0.2, 0.25) is 0 Å². The van der Waals surface area contributed by atoms with E-state index in [1.807, 2.05) is 6.07 Å². The van der Waals surface area contributed by atoms with E-state index in [2.05, 4.69) is 24.4 Å². The number of nitrogens with one attached hydrogen (secondary N) is 1. The molecule has 0 aromatic heterocycles. The quantitative estimate of drug-likeness (QED) is 0.861. The van der Waals surface area contributed by atoms with Gasteiger partial charge in [0.1, 0.15) is 11.5 Å². The Morgan fingerprint density at radius 2 is 1.70 bits per heavy atom. The molecule has 2 rings (SSSR count). The van der Waals surface area contributed by atoms with Crippen LogP contribution in [-0.2, 0) is 6.54 Å². The Morgan fingerprint density at radius 1 is 1.05 bits per heavy atom. The lowest BCUT2D eigenvalue weighted by molar-refractivity contribution is 0.247.